The fraction of sp³-hybridized carbons (Fsp3) is 0.333. The van der Waals surface area contributed by atoms with E-state index < -0.39 is 0 Å². The molecular weight excluding hydrogens is 222 g/mol. The molecule has 0 unspecified atom stereocenters. The van der Waals surface area contributed by atoms with Gasteiger partial charge in [0, 0.05) is 29.6 Å². The lowest BCUT2D eigenvalue weighted by molar-refractivity contribution is 0.787. The molecule has 3 heteroatoms. The Hall–Kier alpha value is -1.74. The number of nitrogens with zero attached hydrogens (tertiary/aromatic N) is 2. The van der Waals surface area contributed by atoms with Crippen molar-refractivity contribution in [1.82, 2.24) is 15.3 Å². The third-order valence-electron chi connectivity index (χ3n) is 2.97. The SMILES string of the molecule is CCc1nc(-c2ccc(C)cc2)ncc1CNC. The van der Waals surface area contributed by atoms with Gasteiger partial charge in [-0.05, 0) is 20.4 Å². The van der Waals surface area contributed by atoms with Gasteiger partial charge in [-0.25, -0.2) is 9.97 Å². The number of nitrogens with one attached hydrogen (secondary N) is 1. The quantitative estimate of drug-likeness (QED) is 0.894. The van der Waals surface area contributed by atoms with Crippen LogP contribution >= 0.6 is 0 Å². The zero-order valence-electron chi connectivity index (χ0n) is 11.2. The van der Waals surface area contributed by atoms with Crippen molar-refractivity contribution in [3.63, 3.8) is 0 Å². The summed E-state index contributed by atoms with van der Waals surface area (Å²) in [6, 6.07) is 8.32. The van der Waals surface area contributed by atoms with E-state index in [4.69, 9.17) is 0 Å². The minimum atomic E-state index is 0.812. The molecule has 2 aromatic rings. The molecule has 0 amide bonds. The van der Waals surface area contributed by atoms with Gasteiger partial charge in [-0.2, -0.15) is 0 Å². The molecule has 0 fully saturated rings. The van der Waals surface area contributed by atoms with Gasteiger partial charge in [0.15, 0.2) is 5.82 Å². The molecule has 0 saturated carbocycles. The van der Waals surface area contributed by atoms with Gasteiger partial charge in [-0.3, -0.25) is 0 Å². The van der Waals surface area contributed by atoms with Crippen molar-refractivity contribution < 1.29 is 0 Å². The highest BCUT2D eigenvalue weighted by molar-refractivity contribution is 5.55. The van der Waals surface area contributed by atoms with Crippen LogP contribution in [0.1, 0.15) is 23.7 Å². The van der Waals surface area contributed by atoms with Crippen molar-refractivity contribution in [3.05, 3.63) is 47.3 Å². The minimum absolute atomic E-state index is 0.812. The first-order chi connectivity index (χ1) is 8.74. The molecule has 2 rings (SSSR count). The number of hydrogen-bond acceptors (Lipinski definition) is 3. The van der Waals surface area contributed by atoms with Crippen molar-refractivity contribution in [2.45, 2.75) is 26.8 Å². The summed E-state index contributed by atoms with van der Waals surface area (Å²) in [6.45, 7) is 5.02. The van der Waals surface area contributed by atoms with Crippen molar-refractivity contribution in [2.75, 3.05) is 7.05 Å². The molecule has 3 nitrogen and oxygen atoms in total. The Bertz CT molecular complexity index is 518. The molecule has 0 bridgehead atoms. The predicted molar refractivity (Wildman–Crippen MR) is 74.3 cm³/mol. The van der Waals surface area contributed by atoms with Gasteiger partial charge in [0.2, 0.25) is 0 Å². The van der Waals surface area contributed by atoms with Gasteiger partial charge in [-0.15, -0.1) is 0 Å². The van der Waals surface area contributed by atoms with Gasteiger partial charge in [-0.1, -0.05) is 36.8 Å². The van der Waals surface area contributed by atoms with E-state index in [-0.39, 0.29) is 0 Å². The van der Waals surface area contributed by atoms with E-state index in [9.17, 15) is 0 Å². The highest BCUT2D eigenvalue weighted by Crippen LogP contribution is 2.17. The standard InChI is InChI=1S/C15H19N3/c1-4-14-13(9-16-3)10-17-15(18-14)12-7-5-11(2)6-8-12/h5-8,10,16H,4,9H2,1-3H3. The summed E-state index contributed by atoms with van der Waals surface area (Å²) in [7, 11) is 1.94. The molecule has 94 valence electrons. The molecule has 0 saturated heterocycles. The Morgan fingerprint density at radius 1 is 1.17 bits per heavy atom. The molecule has 18 heavy (non-hydrogen) atoms. The molecule has 0 aliphatic heterocycles. The lowest BCUT2D eigenvalue weighted by atomic mass is 10.1. The molecule has 0 aliphatic carbocycles. The predicted octanol–water partition coefficient (Wildman–Crippen LogP) is 2.73. The second-order valence-corrected chi connectivity index (χ2v) is 4.42. The maximum atomic E-state index is 4.66. The number of hydrogen-bond donors (Lipinski definition) is 1. The molecule has 0 atom stereocenters. The van der Waals surface area contributed by atoms with E-state index in [1.807, 2.05) is 13.2 Å². The van der Waals surface area contributed by atoms with Crippen molar-refractivity contribution >= 4 is 0 Å². The van der Waals surface area contributed by atoms with E-state index in [0.29, 0.717) is 0 Å². The van der Waals surface area contributed by atoms with E-state index in [1.54, 1.807) is 0 Å². The first-order valence-electron chi connectivity index (χ1n) is 6.31. The van der Waals surface area contributed by atoms with Gasteiger partial charge >= 0.3 is 0 Å². The third-order valence-corrected chi connectivity index (χ3v) is 2.97. The number of benzene rings is 1. The summed E-state index contributed by atoms with van der Waals surface area (Å²) in [6.07, 6.45) is 2.86. The van der Waals surface area contributed by atoms with Crippen LogP contribution in [0, 0.1) is 6.92 Å². The zero-order chi connectivity index (χ0) is 13.0. The highest BCUT2D eigenvalue weighted by Gasteiger charge is 2.06. The van der Waals surface area contributed by atoms with Crippen LogP contribution in [0.3, 0.4) is 0 Å². The smallest absolute Gasteiger partial charge is 0.159 e. The molecule has 1 N–H and O–H groups in total. The van der Waals surface area contributed by atoms with Crippen molar-refractivity contribution in [3.8, 4) is 11.4 Å². The average Bonchev–Trinajstić information content (AvgIpc) is 2.40. The van der Waals surface area contributed by atoms with Crippen LogP contribution in [0.5, 0.6) is 0 Å². The highest BCUT2D eigenvalue weighted by atomic mass is 14.9. The molecule has 1 aromatic carbocycles. The largest absolute Gasteiger partial charge is 0.316 e. The maximum absolute atomic E-state index is 4.66. The summed E-state index contributed by atoms with van der Waals surface area (Å²) in [5, 5.41) is 3.15. The van der Waals surface area contributed by atoms with Gasteiger partial charge < -0.3 is 5.32 Å². The Labute approximate surface area is 108 Å². The average molecular weight is 241 g/mol. The van der Waals surface area contributed by atoms with Crippen LogP contribution < -0.4 is 5.32 Å². The van der Waals surface area contributed by atoms with Crippen molar-refractivity contribution in [2.24, 2.45) is 0 Å². The first-order valence-corrected chi connectivity index (χ1v) is 6.31. The lowest BCUT2D eigenvalue weighted by Crippen LogP contribution is -2.10. The van der Waals surface area contributed by atoms with Gasteiger partial charge in [0.25, 0.3) is 0 Å². The van der Waals surface area contributed by atoms with Crippen LogP contribution in [0.15, 0.2) is 30.5 Å². The maximum Gasteiger partial charge on any atom is 0.159 e. The topological polar surface area (TPSA) is 37.8 Å². The summed E-state index contributed by atoms with van der Waals surface area (Å²) in [5.41, 5.74) is 4.62. The van der Waals surface area contributed by atoms with Crippen LogP contribution in [0.25, 0.3) is 11.4 Å². The Balaban J connectivity index is 2.37. The Morgan fingerprint density at radius 2 is 1.89 bits per heavy atom. The molecule has 1 heterocycles. The van der Waals surface area contributed by atoms with E-state index >= 15 is 0 Å². The molecule has 0 spiro atoms. The molecule has 0 radical (unpaired) electrons. The number of aryl methyl sites for hydroxylation is 2. The van der Waals surface area contributed by atoms with Gasteiger partial charge in [0.1, 0.15) is 0 Å². The summed E-state index contributed by atoms with van der Waals surface area (Å²) < 4.78 is 0. The van der Waals surface area contributed by atoms with Crippen LogP contribution in [-0.2, 0) is 13.0 Å². The summed E-state index contributed by atoms with van der Waals surface area (Å²) in [4.78, 5) is 9.11. The monoisotopic (exact) mass is 241 g/mol. The number of aromatic nitrogens is 2. The van der Waals surface area contributed by atoms with Crippen LogP contribution in [-0.4, -0.2) is 17.0 Å². The number of rotatable bonds is 4. The zero-order valence-corrected chi connectivity index (χ0v) is 11.2. The van der Waals surface area contributed by atoms with E-state index in [2.05, 4.69) is 53.4 Å². The minimum Gasteiger partial charge on any atom is -0.316 e. The van der Waals surface area contributed by atoms with Crippen LogP contribution in [0.4, 0.5) is 0 Å². The lowest BCUT2D eigenvalue weighted by Gasteiger charge is -2.08. The van der Waals surface area contributed by atoms with Crippen LogP contribution in [0.2, 0.25) is 0 Å². The second-order valence-electron chi connectivity index (χ2n) is 4.42. The first kappa shape index (κ1) is 12.7. The fourth-order valence-electron chi connectivity index (χ4n) is 1.93. The van der Waals surface area contributed by atoms with E-state index in [0.717, 1.165) is 30.0 Å². The molecular formula is C15H19N3. The Kier molecular flexibility index (Phi) is 4.05. The third kappa shape index (κ3) is 2.74. The molecule has 0 aliphatic rings. The second kappa shape index (κ2) is 5.74. The van der Waals surface area contributed by atoms with E-state index in [1.165, 1.54) is 11.1 Å². The summed E-state index contributed by atoms with van der Waals surface area (Å²) in [5.74, 6) is 0.812. The summed E-state index contributed by atoms with van der Waals surface area (Å²) >= 11 is 0. The molecule has 1 aromatic heterocycles. The van der Waals surface area contributed by atoms with Crippen molar-refractivity contribution in [1.29, 1.82) is 0 Å². The fourth-order valence-corrected chi connectivity index (χ4v) is 1.93. The normalized spacial score (nSPS) is 10.6. The Morgan fingerprint density at radius 3 is 2.50 bits per heavy atom. The van der Waals surface area contributed by atoms with Gasteiger partial charge in [0.05, 0.1) is 0 Å².